The maximum absolute atomic E-state index is 13.5. The highest BCUT2D eigenvalue weighted by Crippen LogP contribution is 2.44. The number of carbonyl (C=O) groups excluding carboxylic acids is 2. The molecule has 5 rings (SSSR count). The number of methoxy groups -OCH3 is 1. The average Bonchev–Trinajstić information content (AvgIpc) is 3.61. The highest BCUT2D eigenvalue weighted by molar-refractivity contribution is 7.08. The normalized spacial score (nSPS) is 14.0. The first kappa shape index (κ1) is 23.9. The SMILES string of the molecule is COc1cc2c(cc1C=C(C)C)-c1c(c(C(=O)N(C)CCN3CCOC3=O)nn1-c1ccsc1)CO2. The van der Waals surface area contributed by atoms with E-state index in [1.54, 1.807) is 35.3 Å². The quantitative estimate of drug-likeness (QED) is 0.469. The fraction of sp³-hybridized carbons (Fsp3) is 0.346. The lowest BCUT2D eigenvalue weighted by Gasteiger charge is -2.22. The molecule has 4 heterocycles. The molecule has 0 aliphatic carbocycles. The number of rotatable bonds is 7. The monoisotopic (exact) mass is 508 g/mol. The van der Waals surface area contributed by atoms with Gasteiger partial charge in [-0.3, -0.25) is 4.79 Å². The van der Waals surface area contributed by atoms with Crippen molar-refractivity contribution in [1.29, 1.82) is 0 Å². The van der Waals surface area contributed by atoms with E-state index in [1.807, 2.05) is 47.5 Å². The summed E-state index contributed by atoms with van der Waals surface area (Å²) in [5.41, 5.74) is 5.70. The van der Waals surface area contributed by atoms with Crippen molar-refractivity contribution in [2.24, 2.45) is 0 Å². The van der Waals surface area contributed by atoms with E-state index in [4.69, 9.17) is 19.3 Å². The summed E-state index contributed by atoms with van der Waals surface area (Å²) >= 11 is 1.56. The van der Waals surface area contributed by atoms with Crippen molar-refractivity contribution in [1.82, 2.24) is 19.6 Å². The Labute approximate surface area is 213 Å². The fourth-order valence-electron chi connectivity index (χ4n) is 4.41. The molecule has 2 aliphatic heterocycles. The second kappa shape index (κ2) is 9.69. The number of hydrogen-bond donors (Lipinski definition) is 0. The van der Waals surface area contributed by atoms with E-state index in [0.29, 0.717) is 37.7 Å². The first-order valence-corrected chi connectivity index (χ1v) is 12.6. The Morgan fingerprint density at radius 2 is 2.14 bits per heavy atom. The van der Waals surface area contributed by atoms with Gasteiger partial charge in [0.25, 0.3) is 5.91 Å². The van der Waals surface area contributed by atoms with E-state index in [9.17, 15) is 9.59 Å². The fourth-order valence-corrected chi connectivity index (χ4v) is 5.03. The second-order valence-electron chi connectivity index (χ2n) is 9.00. The summed E-state index contributed by atoms with van der Waals surface area (Å²) in [6.45, 7) is 5.96. The van der Waals surface area contributed by atoms with Crippen molar-refractivity contribution < 1.29 is 23.8 Å². The van der Waals surface area contributed by atoms with Crippen LogP contribution in [0.2, 0.25) is 0 Å². The molecular formula is C26H28N4O5S. The Balaban J connectivity index is 1.56. The van der Waals surface area contributed by atoms with Gasteiger partial charge in [0.05, 0.1) is 25.0 Å². The maximum Gasteiger partial charge on any atom is 0.409 e. The molecule has 0 saturated carbocycles. The largest absolute Gasteiger partial charge is 0.496 e. The minimum absolute atomic E-state index is 0.213. The molecule has 1 aromatic carbocycles. The molecule has 0 atom stereocenters. The number of cyclic esters (lactones) is 1. The van der Waals surface area contributed by atoms with Gasteiger partial charge in [0.1, 0.15) is 24.7 Å². The highest BCUT2D eigenvalue weighted by Gasteiger charge is 2.32. The van der Waals surface area contributed by atoms with Gasteiger partial charge in [-0.1, -0.05) is 11.6 Å². The summed E-state index contributed by atoms with van der Waals surface area (Å²) in [5.74, 6) is 1.18. The average molecular weight is 509 g/mol. The van der Waals surface area contributed by atoms with Crippen LogP contribution in [0, 0.1) is 0 Å². The zero-order valence-corrected chi connectivity index (χ0v) is 21.6. The Hall–Kier alpha value is -3.79. The predicted molar refractivity (Wildman–Crippen MR) is 137 cm³/mol. The van der Waals surface area contributed by atoms with Gasteiger partial charge in [0.2, 0.25) is 0 Å². The molecule has 9 nitrogen and oxygen atoms in total. The minimum Gasteiger partial charge on any atom is -0.496 e. The van der Waals surface area contributed by atoms with E-state index in [0.717, 1.165) is 39.4 Å². The molecule has 3 aromatic rings. The van der Waals surface area contributed by atoms with Crippen LogP contribution in [-0.4, -0.2) is 72.0 Å². The van der Waals surface area contributed by atoms with Crippen LogP contribution >= 0.6 is 11.3 Å². The smallest absolute Gasteiger partial charge is 0.409 e. The zero-order valence-electron chi connectivity index (χ0n) is 20.7. The van der Waals surface area contributed by atoms with E-state index in [1.165, 1.54) is 0 Å². The lowest BCUT2D eigenvalue weighted by atomic mass is 9.98. The van der Waals surface area contributed by atoms with Gasteiger partial charge in [-0.25, -0.2) is 9.48 Å². The molecule has 0 N–H and O–H groups in total. The number of amides is 2. The summed E-state index contributed by atoms with van der Waals surface area (Å²) in [5, 5.41) is 8.76. The number of ether oxygens (including phenoxy) is 3. The van der Waals surface area contributed by atoms with Gasteiger partial charge in [-0.15, -0.1) is 0 Å². The topological polar surface area (TPSA) is 86.1 Å². The number of nitrogens with zero attached hydrogens (tertiary/aromatic N) is 4. The van der Waals surface area contributed by atoms with Crippen molar-refractivity contribution in [2.75, 3.05) is 40.4 Å². The van der Waals surface area contributed by atoms with Crippen LogP contribution in [-0.2, 0) is 11.3 Å². The van der Waals surface area contributed by atoms with Crippen LogP contribution in [0.4, 0.5) is 4.79 Å². The Morgan fingerprint density at radius 1 is 1.31 bits per heavy atom. The van der Waals surface area contributed by atoms with Crippen LogP contribution in [0.25, 0.3) is 23.0 Å². The van der Waals surface area contributed by atoms with Gasteiger partial charge in [0, 0.05) is 48.3 Å². The summed E-state index contributed by atoms with van der Waals surface area (Å²) in [6, 6.07) is 5.89. The van der Waals surface area contributed by atoms with Crippen molar-refractivity contribution in [3.05, 3.63) is 51.4 Å². The summed E-state index contributed by atoms with van der Waals surface area (Å²) in [4.78, 5) is 28.5. The van der Waals surface area contributed by atoms with Gasteiger partial charge in [-0.05, 0) is 31.4 Å². The lowest BCUT2D eigenvalue weighted by Crippen LogP contribution is -2.37. The Morgan fingerprint density at radius 3 is 2.81 bits per heavy atom. The summed E-state index contributed by atoms with van der Waals surface area (Å²) in [7, 11) is 3.36. The molecule has 2 amide bonds. The van der Waals surface area contributed by atoms with E-state index in [2.05, 4.69) is 6.08 Å². The predicted octanol–water partition coefficient (Wildman–Crippen LogP) is 4.45. The molecule has 1 fully saturated rings. The molecule has 36 heavy (non-hydrogen) atoms. The number of allylic oxidation sites excluding steroid dienone is 1. The molecule has 2 aliphatic rings. The number of aromatic nitrogens is 2. The molecule has 0 radical (unpaired) electrons. The van der Waals surface area contributed by atoms with Crippen molar-refractivity contribution in [3.63, 3.8) is 0 Å². The van der Waals surface area contributed by atoms with Gasteiger partial charge < -0.3 is 24.0 Å². The second-order valence-corrected chi connectivity index (χ2v) is 9.78. The van der Waals surface area contributed by atoms with E-state index >= 15 is 0 Å². The molecule has 0 spiro atoms. The lowest BCUT2D eigenvalue weighted by molar-refractivity contribution is 0.0773. The number of benzene rings is 1. The van der Waals surface area contributed by atoms with Crippen LogP contribution in [0.3, 0.4) is 0 Å². The number of likely N-dealkylation sites (N-methyl/N-ethyl adjacent to an activating group) is 1. The third kappa shape index (κ3) is 4.32. The first-order valence-electron chi connectivity index (χ1n) is 11.7. The molecule has 2 aromatic heterocycles. The molecule has 0 unspecified atom stereocenters. The third-order valence-electron chi connectivity index (χ3n) is 6.24. The van der Waals surface area contributed by atoms with Gasteiger partial charge in [-0.2, -0.15) is 16.4 Å². The van der Waals surface area contributed by atoms with Crippen molar-refractivity contribution in [2.45, 2.75) is 20.5 Å². The van der Waals surface area contributed by atoms with Crippen LogP contribution in [0.5, 0.6) is 11.5 Å². The van der Waals surface area contributed by atoms with Crippen LogP contribution in [0.15, 0.2) is 34.5 Å². The standard InChI is InChI=1S/C26H28N4O5S/c1-16(2)11-17-12-19-22(13-21(17)33-4)35-14-20-23(27-30(24(19)20)18-5-10-36-15-18)25(31)28(3)6-7-29-8-9-34-26(29)32/h5,10-13,15H,6-9,14H2,1-4H3. The summed E-state index contributed by atoms with van der Waals surface area (Å²) < 4.78 is 18.5. The van der Waals surface area contributed by atoms with Gasteiger partial charge in [0.15, 0.2) is 5.69 Å². The number of hydrogen-bond acceptors (Lipinski definition) is 7. The molecule has 0 bridgehead atoms. The number of carbonyl (C=O) groups is 2. The van der Waals surface area contributed by atoms with Crippen LogP contribution < -0.4 is 9.47 Å². The van der Waals surface area contributed by atoms with Crippen LogP contribution in [0.1, 0.15) is 35.5 Å². The number of thiophene rings is 1. The molecule has 188 valence electrons. The molecular weight excluding hydrogens is 480 g/mol. The highest BCUT2D eigenvalue weighted by atomic mass is 32.1. The first-order chi connectivity index (χ1) is 17.4. The molecule has 1 saturated heterocycles. The zero-order chi connectivity index (χ0) is 25.4. The minimum atomic E-state index is -0.345. The third-order valence-corrected chi connectivity index (χ3v) is 6.91. The Kier molecular flexibility index (Phi) is 6.44. The van der Waals surface area contributed by atoms with Gasteiger partial charge >= 0.3 is 6.09 Å². The van der Waals surface area contributed by atoms with E-state index < -0.39 is 0 Å². The maximum atomic E-state index is 13.5. The summed E-state index contributed by atoms with van der Waals surface area (Å²) in [6.07, 6.45) is 1.71. The van der Waals surface area contributed by atoms with Crippen molar-refractivity contribution >= 4 is 29.4 Å². The van der Waals surface area contributed by atoms with Crippen molar-refractivity contribution in [3.8, 4) is 28.4 Å². The molecule has 10 heteroatoms. The number of fused-ring (bicyclic) bond motifs is 3. The van der Waals surface area contributed by atoms with E-state index in [-0.39, 0.29) is 18.6 Å². The Bertz CT molecular complexity index is 1340.